The summed E-state index contributed by atoms with van der Waals surface area (Å²) in [6, 6.07) is 19.4. The van der Waals surface area contributed by atoms with Crippen molar-refractivity contribution >= 4 is 21.8 Å². The Hall–Kier alpha value is -2.56. The van der Waals surface area contributed by atoms with Gasteiger partial charge in [0.05, 0.1) is 12.8 Å². The molecule has 0 amide bonds. The van der Waals surface area contributed by atoms with E-state index in [-0.39, 0.29) is 0 Å². The molecular formula is C22H25N3O. The minimum atomic E-state index is 0.637. The minimum Gasteiger partial charge on any atom is -0.468 e. The summed E-state index contributed by atoms with van der Waals surface area (Å²) in [7, 11) is 0. The molecule has 134 valence electrons. The Morgan fingerprint density at radius 1 is 0.962 bits per heavy atom. The number of benzene rings is 2. The number of furan rings is 1. The van der Waals surface area contributed by atoms with E-state index in [0.29, 0.717) is 6.54 Å². The first-order chi connectivity index (χ1) is 12.8. The zero-order valence-corrected chi connectivity index (χ0v) is 15.2. The number of fused-ring (bicyclic) bond motifs is 3. The molecule has 4 rings (SSSR count). The van der Waals surface area contributed by atoms with Crippen molar-refractivity contribution in [3.63, 3.8) is 0 Å². The molecule has 2 aromatic carbocycles. The molecule has 0 aliphatic heterocycles. The van der Waals surface area contributed by atoms with Crippen molar-refractivity contribution < 1.29 is 4.42 Å². The van der Waals surface area contributed by atoms with Crippen LogP contribution in [0.15, 0.2) is 65.3 Å². The maximum Gasteiger partial charge on any atom is 0.117 e. The molecule has 4 nitrogen and oxygen atoms in total. The summed E-state index contributed by atoms with van der Waals surface area (Å²) in [6.45, 7) is 6.29. The molecule has 26 heavy (non-hydrogen) atoms. The lowest BCUT2D eigenvalue weighted by molar-refractivity contribution is 0.242. The third kappa shape index (κ3) is 3.14. The molecule has 0 spiro atoms. The van der Waals surface area contributed by atoms with Crippen LogP contribution in [0.1, 0.15) is 18.2 Å². The smallest absolute Gasteiger partial charge is 0.117 e. The molecule has 0 atom stereocenters. The molecule has 0 saturated carbocycles. The average Bonchev–Trinajstić information content (AvgIpc) is 3.27. The van der Waals surface area contributed by atoms with Crippen LogP contribution in [0.25, 0.3) is 21.8 Å². The zero-order chi connectivity index (χ0) is 17.9. The molecule has 2 heterocycles. The molecule has 0 radical (unpaired) electrons. The molecule has 2 aromatic heterocycles. The largest absolute Gasteiger partial charge is 0.468 e. The second-order valence-electron chi connectivity index (χ2n) is 6.69. The fourth-order valence-corrected chi connectivity index (χ4v) is 3.82. The standard InChI is InChI=1S/C22H25N3O/c1-2-25-21-8-4-3-7-19(21)20-14-17(9-10-22(20)25)15-24(12-11-23)16-18-6-5-13-26-18/h3-10,13-14H,2,11-12,15-16,23H2,1H3. The number of aryl methyl sites for hydroxylation is 1. The molecule has 0 bridgehead atoms. The highest BCUT2D eigenvalue weighted by atomic mass is 16.3. The molecule has 4 aromatic rings. The third-order valence-electron chi connectivity index (χ3n) is 4.96. The van der Waals surface area contributed by atoms with Gasteiger partial charge >= 0.3 is 0 Å². The lowest BCUT2D eigenvalue weighted by Crippen LogP contribution is -2.28. The van der Waals surface area contributed by atoms with E-state index in [1.165, 1.54) is 27.4 Å². The van der Waals surface area contributed by atoms with Gasteiger partial charge in [-0.05, 0) is 42.8 Å². The van der Waals surface area contributed by atoms with E-state index in [9.17, 15) is 0 Å². The molecule has 2 N–H and O–H groups in total. The molecule has 0 aliphatic rings. The van der Waals surface area contributed by atoms with Crippen LogP contribution in [-0.2, 0) is 19.6 Å². The Labute approximate surface area is 153 Å². The van der Waals surface area contributed by atoms with Gasteiger partial charge in [-0.3, -0.25) is 4.90 Å². The highest BCUT2D eigenvalue weighted by Crippen LogP contribution is 2.30. The summed E-state index contributed by atoms with van der Waals surface area (Å²) < 4.78 is 7.89. The van der Waals surface area contributed by atoms with E-state index in [4.69, 9.17) is 10.2 Å². The normalized spacial score (nSPS) is 11.8. The van der Waals surface area contributed by atoms with E-state index < -0.39 is 0 Å². The Balaban J connectivity index is 1.69. The number of hydrogen-bond acceptors (Lipinski definition) is 3. The van der Waals surface area contributed by atoms with Crippen LogP contribution in [0.4, 0.5) is 0 Å². The van der Waals surface area contributed by atoms with Crippen LogP contribution in [0.5, 0.6) is 0 Å². The van der Waals surface area contributed by atoms with Crippen molar-refractivity contribution in [3.8, 4) is 0 Å². The van der Waals surface area contributed by atoms with Gasteiger partial charge in [0, 0.05) is 48.0 Å². The number of para-hydroxylation sites is 1. The van der Waals surface area contributed by atoms with Crippen LogP contribution in [0.2, 0.25) is 0 Å². The summed E-state index contributed by atoms with van der Waals surface area (Å²) in [5.74, 6) is 0.974. The van der Waals surface area contributed by atoms with E-state index in [2.05, 4.69) is 58.9 Å². The van der Waals surface area contributed by atoms with Crippen molar-refractivity contribution in [3.05, 3.63) is 72.2 Å². The second-order valence-corrected chi connectivity index (χ2v) is 6.69. The number of rotatable bonds is 7. The van der Waals surface area contributed by atoms with Crippen molar-refractivity contribution in [2.75, 3.05) is 13.1 Å². The molecular weight excluding hydrogens is 322 g/mol. The monoisotopic (exact) mass is 347 g/mol. The van der Waals surface area contributed by atoms with Gasteiger partial charge in [-0.25, -0.2) is 0 Å². The Morgan fingerprint density at radius 2 is 1.81 bits per heavy atom. The summed E-state index contributed by atoms with van der Waals surface area (Å²) >= 11 is 0. The van der Waals surface area contributed by atoms with Crippen LogP contribution in [0.3, 0.4) is 0 Å². The minimum absolute atomic E-state index is 0.637. The predicted octanol–water partition coefficient (Wildman–Crippen LogP) is 4.37. The summed E-state index contributed by atoms with van der Waals surface area (Å²) in [5.41, 5.74) is 9.73. The lowest BCUT2D eigenvalue weighted by atomic mass is 10.1. The van der Waals surface area contributed by atoms with Crippen LogP contribution >= 0.6 is 0 Å². The summed E-state index contributed by atoms with van der Waals surface area (Å²) in [6.07, 6.45) is 1.72. The van der Waals surface area contributed by atoms with Crippen molar-refractivity contribution in [1.82, 2.24) is 9.47 Å². The molecule has 0 fully saturated rings. The van der Waals surface area contributed by atoms with Gasteiger partial charge in [0.1, 0.15) is 5.76 Å². The van der Waals surface area contributed by atoms with Crippen LogP contribution < -0.4 is 5.73 Å². The lowest BCUT2D eigenvalue weighted by Gasteiger charge is -2.20. The van der Waals surface area contributed by atoms with Crippen LogP contribution in [-0.4, -0.2) is 22.6 Å². The highest BCUT2D eigenvalue weighted by Gasteiger charge is 2.12. The Kier molecular flexibility index (Phi) is 4.78. The van der Waals surface area contributed by atoms with Gasteiger partial charge in [0.2, 0.25) is 0 Å². The zero-order valence-electron chi connectivity index (χ0n) is 15.2. The maximum absolute atomic E-state index is 5.82. The Morgan fingerprint density at radius 3 is 2.58 bits per heavy atom. The molecule has 4 heteroatoms. The number of hydrogen-bond donors (Lipinski definition) is 1. The Bertz CT molecular complexity index is 1000. The van der Waals surface area contributed by atoms with Gasteiger partial charge < -0.3 is 14.7 Å². The quantitative estimate of drug-likeness (QED) is 0.540. The predicted molar refractivity (Wildman–Crippen MR) is 107 cm³/mol. The third-order valence-corrected chi connectivity index (χ3v) is 4.96. The molecule has 0 unspecified atom stereocenters. The fourth-order valence-electron chi connectivity index (χ4n) is 3.82. The summed E-state index contributed by atoms with van der Waals surface area (Å²) in [5, 5.41) is 2.65. The first-order valence-electron chi connectivity index (χ1n) is 9.25. The van der Waals surface area contributed by atoms with Gasteiger partial charge in [-0.2, -0.15) is 0 Å². The van der Waals surface area contributed by atoms with Crippen LogP contribution in [0, 0.1) is 0 Å². The summed E-state index contributed by atoms with van der Waals surface area (Å²) in [4.78, 5) is 2.33. The van der Waals surface area contributed by atoms with Gasteiger partial charge in [0.25, 0.3) is 0 Å². The number of aromatic nitrogens is 1. The second kappa shape index (κ2) is 7.36. The maximum atomic E-state index is 5.82. The molecule has 0 aliphatic carbocycles. The fraction of sp³-hybridized carbons (Fsp3) is 0.273. The number of nitrogens with two attached hydrogens (primary N) is 1. The van der Waals surface area contributed by atoms with Crippen molar-refractivity contribution in [2.24, 2.45) is 5.73 Å². The first-order valence-corrected chi connectivity index (χ1v) is 9.25. The SMILES string of the molecule is CCn1c2ccccc2c2cc(CN(CCN)Cc3ccco3)ccc21. The molecule has 0 saturated heterocycles. The van der Waals surface area contributed by atoms with Gasteiger partial charge in [-0.15, -0.1) is 0 Å². The first kappa shape index (κ1) is 16.9. The highest BCUT2D eigenvalue weighted by molar-refractivity contribution is 6.08. The van der Waals surface area contributed by atoms with E-state index in [0.717, 1.165) is 31.9 Å². The van der Waals surface area contributed by atoms with Crippen molar-refractivity contribution in [2.45, 2.75) is 26.6 Å². The number of nitrogens with zero attached hydrogens (tertiary/aromatic N) is 2. The van der Waals surface area contributed by atoms with Gasteiger partial charge in [0.15, 0.2) is 0 Å². The van der Waals surface area contributed by atoms with E-state index in [1.807, 2.05) is 12.1 Å². The topological polar surface area (TPSA) is 47.3 Å². The van der Waals surface area contributed by atoms with Crippen molar-refractivity contribution in [1.29, 1.82) is 0 Å². The van der Waals surface area contributed by atoms with E-state index >= 15 is 0 Å². The van der Waals surface area contributed by atoms with E-state index in [1.54, 1.807) is 6.26 Å². The van der Waals surface area contributed by atoms with Gasteiger partial charge in [-0.1, -0.05) is 24.3 Å². The average molecular weight is 347 g/mol.